The van der Waals surface area contributed by atoms with E-state index >= 15 is 0 Å². The predicted molar refractivity (Wildman–Crippen MR) is 97.2 cm³/mol. The zero-order valence-corrected chi connectivity index (χ0v) is 15.3. The number of hydrogen-bond donors (Lipinski definition) is 1. The van der Waals surface area contributed by atoms with E-state index in [4.69, 9.17) is 0 Å². The van der Waals surface area contributed by atoms with E-state index in [1.165, 1.54) is 4.68 Å². The van der Waals surface area contributed by atoms with Crippen LogP contribution in [-0.2, 0) is 11.3 Å². The zero-order valence-electron chi connectivity index (χ0n) is 15.3. The second-order valence-electron chi connectivity index (χ2n) is 6.58. The topological polar surface area (TPSA) is 107 Å². The summed E-state index contributed by atoms with van der Waals surface area (Å²) in [5.74, 6) is -0.0275. The molecule has 0 fully saturated rings. The number of hydrogen-bond acceptors (Lipinski definition) is 5. The van der Waals surface area contributed by atoms with Gasteiger partial charge in [-0.25, -0.2) is 0 Å². The van der Waals surface area contributed by atoms with Crippen molar-refractivity contribution in [3.05, 3.63) is 51.3 Å². The van der Waals surface area contributed by atoms with Gasteiger partial charge in [0.15, 0.2) is 5.78 Å². The highest BCUT2D eigenvalue weighted by Gasteiger charge is 2.23. The standard InChI is InChI=1S/C18H22N4O4/c1-11(2)9-17(24)19-15-7-5-14(6-8-15)16(23)10-21-13(4)18(22(25)26)12(3)20-21/h5-8,11H,9-10H2,1-4H3,(H,19,24). The summed E-state index contributed by atoms with van der Waals surface area (Å²) in [6, 6.07) is 6.56. The first-order valence-corrected chi connectivity index (χ1v) is 8.30. The van der Waals surface area contributed by atoms with Crippen LogP contribution < -0.4 is 5.32 Å². The molecule has 1 aromatic carbocycles. The first-order valence-electron chi connectivity index (χ1n) is 8.30. The number of benzene rings is 1. The molecule has 2 rings (SSSR count). The van der Waals surface area contributed by atoms with Crippen LogP contribution in [0.4, 0.5) is 11.4 Å². The Hall–Kier alpha value is -3.03. The second kappa shape index (κ2) is 7.90. The normalized spacial score (nSPS) is 10.8. The largest absolute Gasteiger partial charge is 0.326 e. The Kier molecular flexibility index (Phi) is 5.86. The summed E-state index contributed by atoms with van der Waals surface area (Å²) >= 11 is 0. The van der Waals surface area contributed by atoms with Crippen molar-refractivity contribution in [2.24, 2.45) is 5.92 Å². The number of nitro groups is 1. The first-order chi connectivity index (χ1) is 12.2. The monoisotopic (exact) mass is 358 g/mol. The molecule has 138 valence electrons. The fourth-order valence-electron chi connectivity index (χ4n) is 2.66. The third-order valence-corrected chi connectivity index (χ3v) is 3.90. The molecular weight excluding hydrogens is 336 g/mol. The molecule has 1 amide bonds. The Morgan fingerprint density at radius 1 is 1.23 bits per heavy atom. The fourth-order valence-corrected chi connectivity index (χ4v) is 2.66. The quantitative estimate of drug-likeness (QED) is 0.464. The van der Waals surface area contributed by atoms with Crippen molar-refractivity contribution in [3.63, 3.8) is 0 Å². The number of nitrogens with one attached hydrogen (secondary N) is 1. The van der Waals surface area contributed by atoms with E-state index in [2.05, 4.69) is 10.4 Å². The molecule has 0 saturated heterocycles. The average Bonchev–Trinajstić information content (AvgIpc) is 2.81. The summed E-state index contributed by atoms with van der Waals surface area (Å²) in [7, 11) is 0. The van der Waals surface area contributed by atoms with Crippen LogP contribution in [0.15, 0.2) is 24.3 Å². The molecule has 0 spiro atoms. The molecular formula is C18H22N4O4. The number of ketones is 1. The molecule has 0 aliphatic carbocycles. The molecule has 2 aromatic rings. The molecule has 26 heavy (non-hydrogen) atoms. The lowest BCUT2D eigenvalue weighted by Crippen LogP contribution is -2.15. The summed E-state index contributed by atoms with van der Waals surface area (Å²) in [6.07, 6.45) is 0.428. The number of nitrogens with zero attached hydrogens (tertiary/aromatic N) is 3. The van der Waals surface area contributed by atoms with E-state index in [0.717, 1.165) is 0 Å². The maximum absolute atomic E-state index is 12.4. The summed E-state index contributed by atoms with van der Waals surface area (Å²) in [6.45, 7) is 6.95. The van der Waals surface area contributed by atoms with Crippen LogP contribution in [0.1, 0.15) is 42.0 Å². The Morgan fingerprint density at radius 2 is 1.85 bits per heavy atom. The van der Waals surface area contributed by atoms with Crippen molar-refractivity contribution in [1.82, 2.24) is 9.78 Å². The zero-order chi connectivity index (χ0) is 19.4. The highest BCUT2D eigenvalue weighted by atomic mass is 16.6. The number of rotatable bonds is 7. The number of carbonyl (C=O) groups excluding carboxylic acids is 2. The number of aryl methyl sites for hydroxylation is 1. The van der Waals surface area contributed by atoms with Crippen LogP contribution >= 0.6 is 0 Å². The summed E-state index contributed by atoms with van der Waals surface area (Å²) in [4.78, 5) is 34.7. The van der Waals surface area contributed by atoms with E-state index in [0.29, 0.717) is 23.4 Å². The van der Waals surface area contributed by atoms with E-state index in [-0.39, 0.29) is 35.5 Å². The molecule has 0 aliphatic rings. The van der Waals surface area contributed by atoms with Crippen molar-refractivity contribution in [1.29, 1.82) is 0 Å². The maximum atomic E-state index is 12.4. The molecule has 8 nitrogen and oxygen atoms in total. The predicted octanol–water partition coefficient (Wildman–Crippen LogP) is 3.28. The molecule has 0 aliphatic heterocycles. The lowest BCUT2D eigenvalue weighted by molar-refractivity contribution is -0.386. The number of carbonyl (C=O) groups is 2. The number of anilines is 1. The minimum atomic E-state index is -0.493. The molecule has 0 atom stereocenters. The summed E-state index contributed by atoms with van der Waals surface area (Å²) in [5, 5.41) is 17.9. The number of aromatic nitrogens is 2. The lowest BCUT2D eigenvalue weighted by Gasteiger charge is -2.08. The molecule has 0 saturated carbocycles. The molecule has 1 N–H and O–H groups in total. The van der Waals surface area contributed by atoms with E-state index in [1.54, 1.807) is 38.1 Å². The van der Waals surface area contributed by atoms with Crippen LogP contribution in [0.5, 0.6) is 0 Å². The van der Waals surface area contributed by atoms with Gasteiger partial charge in [0.25, 0.3) is 0 Å². The Morgan fingerprint density at radius 3 is 2.35 bits per heavy atom. The maximum Gasteiger partial charge on any atom is 0.312 e. The SMILES string of the molecule is Cc1nn(CC(=O)c2ccc(NC(=O)CC(C)C)cc2)c(C)c1[N+](=O)[O-]. The van der Waals surface area contributed by atoms with Crippen molar-refractivity contribution in [2.45, 2.75) is 40.7 Å². The van der Waals surface area contributed by atoms with Gasteiger partial charge in [0.1, 0.15) is 17.9 Å². The van der Waals surface area contributed by atoms with E-state index < -0.39 is 4.92 Å². The lowest BCUT2D eigenvalue weighted by atomic mass is 10.1. The van der Waals surface area contributed by atoms with Gasteiger partial charge in [-0.05, 0) is 44.0 Å². The second-order valence-corrected chi connectivity index (χ2v) is 6.58. The van der Waals surface area contributed by atoms with Gasteiger partial charge in [0.2, 0.25) is 5.91 Å². The number of Topliss-reactive ketones (excluding diaryl/α,β-unsaturated/α-hetero) is 1. The van der Waals surface area contributed by atoms with Gasteiger partial charge in [-0.2, -0.15) is 5.10 Å². The Labute approximate surface area is 151 Å². The average molecular weight is 358 g/mol. The van der Waals surface area contributed by atoms with Gasteiger partial charge < -0.3 is 5.32 Å². The van der Waals surface area contributed by atoms with Gasteiger partial charge in [0, 0.05) is 17.7 Å². The van der Waals surface area contributed by atoms with E-state index in [1.807, 2.05) is 13.8 Å². The Balaban J connectivity index is 2.08. The van der Waals surface area contributed by atoms with Gasteiger partial charge in [0.05, 0.1) is 4.92 Å². The van der Waals surface area contributed by atoms with Gasteiger partial charge in [-0.15, -0.1) is 0 Å². The first kappa shape index (κ1) is 19.3. The van der Waals surface area contributed by atoms with Crippen LogP contribution in [0.3, 0.4) is 0 Å². The molecule has 1 heterocycles. The summed E-state index contributed by atoms with van der Waals surface area (Å²) in [5.41, 5.74) is 1.62. The van der Waals surface area contributed by atoms with Crippen LogP contribution in [0, 0.1) is 29.9 Å². The van der Waals surface area contributed by atoms with Crippen molar-refractivity contribution >= 4 is 23.1 Å². The smallest absolute Gasteiger partial charge is 0.312 e. The van der Waals surface area contributed by atoms with Crippen molar-refractivity contribution in [2.75, 3.05) is 5.32 Å². The molecule has 8 heteroatoms. The van der Waals surface area contributed by atoms with Crippen LogP contribution in [0.25, 0.3) is 0 Å². The van der Waals surface area contributed by atoms with Crippen LogP contribution in [-0.4, -0.2) is 26.4 Å². The van der Waals surface area contributed by atoms with Crippen LogP contribution in [0.2, 0.25) is 0 Å². The highest BCUT2D eigenvalue weighted by molar-refractivity contribution is 5.97. The third kappa shape index (κ3) is 4.53. The van der Waals surface area contributed by atoms with Crippen molar-refractivity contribution < 1.29 is 14.5 Å². The van der Waals surface area contributed by atoms with Gasteiger partial charge in [-0.3, -0.25) is 24.4 Å². The fraction of sp³-hybridized carbons (Fsp3) is 0.389. The molecule has 0 bridgehead atoms. The van der Waals surface area contributed by atoms with Gasteiger partial charge in [-0.1, -0.05) is 13.8 Å². The van der Waals surface area contributed by atoms with Crippen molar-refractivity contribution in [3.8, 4) is 0 Å². The molecule has 0 radical (unpaired) electrons. The molecule has 0 unspecified atom stereocenters. The third-order valence-electron chi connectivity index (χ3n) is 3.90. The van der Waals surface area contributed by atoms with Gasteiger partial charge >= 0.3 is 5.69 Å². The minimum Gasteiger partial charge on any atom is -0.326 e. The Bertz CT molecular complexity index is 838. The highest BCUT2D eigenvalue weighted by Crippen LogP contribution is 2.22. The van der Waals surface area contributed by atoms with E-state index in [9.17, 15) is 19.7 Å². The minimum absolute atomic E-state index is 0.0685. The molecule has 1 aromatic heterocycles. The number of amides is 1. The summed E-state index contributed by atoms with van der Waals surface area (Å²) < 4.78 is 1.34.